The predicted molar refractivity (Wildman–Crippen MR) is 129 cm³/mol. The summed E-state index contributed by atoms with van der Waals surface area (Å²) in [6.07, 6.45) is 1.78. The molecule has 5 rings (SSSR count). The minimum absolute atomic E-state index is 0.578. The van der Waals surface area contributed by atoms with E-state index in [9.17, 15) is 0 Å². The van der Waals surface area contributed by atoms with Gasteiger partial charge in [0, 0.05) is 43.9 Å². The van der Waals surface area contributed by atoms with E-state index in [2.05, 4.69) is 35.7 Å². The first-order valence-electron chi connectivity index (χ1n) is 11.0. The first kappa shape index (κ1) is 21.6. The normalized spacial score (nSPS) is 14.5. The van der Waals surface area contributed by atoms with Crippen LogP contribution in [-0.4, -0.2) is 69.4 Å². The van der Waals surface area contributed by atoms with Crippen LogP contribution in [0.1, 0.15) is 5.56 Å². The average molecular weight is 465 g/mol. The first-order valence-corrected chi connectivity index (χ1v) is 11.3. The molecule has 1 aromatic carbocycles. The van der Waals surface area contributed by atoms with Gasteiger partial charge in [-0.15, -0.1) is 0 Å². The fraction of sp³-hybridized carbons (Fsp3) is 0.304. The third-order valence-corrected chi connectivity index (χ3v) is 5.91. The Balaban J connectivity index is 1.26. The molecule has 0 atom stereocenters. The molecule has 0 aliphatic carbocycles. The van der Waals surface area contributed by atoms with Gasteiger partial charge in [0.15, 0.2) is 5.65 Å². The van der Waals surface area contributed by atoms with Crippen molar-refractivity contribution in [3.05, 3.63) is 59.2 Å². The number of ether oxygens (including phenoxy) is 1. The molecule has 0 amide bonds. The smallest absolute Gasteiger partial charge is 0.224 e. The van der Waals surface area contributed by atoms with Crippen molar-refractivity contribution in [1.82, 2.24) is 30.0 Å². The van der Waals surface area contributed by atoms with Crippen LogP contribution >= 0.6 is 11.6 Å². The molecule has 10 heteroatoms. The molecule has 1 fully saturated rings. The standard InChI is InChI=1S/C23H25ClN8O/c24-18-5-2-1-4-16(18)14-26-20-7-3-6-19(28-20)21-17-15-27-23(29-22(17)31-30-21)25-8-9-32-10-12-33-13-11-32/h1-7,15H,8-14H2,(H,26,28)(H2,25,27,29,30,31). The molecular formula is C23H25ClN8O. The van der Waals surface area contributed by atoms with Crippen LogP contribution < -0.4 is 10.6 Å². The number of nitrogens with zero attached hydrogens (tertiary/aromatic N) is 5. The molecule has 0 radical (unpaired) electrons. The lowest BCUT2D eigenvalue weighted by atomic mass is 10.2. The number of aromatic nitrogens is 5. The van der Waals surface area contributed by atoms with E-state index < -0.39 is 0 Å². The Morgan fingerprint density at radius 2 is 1.91 bits per heavy atom. The molecule has 170 valence electrons. The summed E-state index contributed by atoms with van der Waals surface area (Å²) >= 11 is 6.25. The topological polar surface area (TPSA) is 104 Å². The monoisotopic (exact) mass is 464 g/mol. The van der Waals surface area contributed by atoms with Gasteiger partial charge in [-0.3, -0.25) is 10.00 Å². The van der Waals surface area contributed by atoms with Gasteiger partial charge in [0.05, 0.1) is 24.3 Å². The Bertz CT molecular complexity index is 1220. The highest BCUT2D eigenvalue weighted by atomic mass is 35.5. The van der Waals surface area contributed by atoms with Gasteiger partial charge < -0.3 is 15.4 Å². The Morgan fingerprint density at radius 1 is 1.03 bits per heavy atom. The van der Waals surface area contributed by atoms with Crippen molar-refractivity contribution in [3.63, 3.8) is 0 Å². The summed E-state index contributed by atoms with van der Waals surface area (Å²) in [6, 6.07) is 13.5. The van der Waals surface area contributed by atoms with Crippen LogP contribution in [0.25, 0.3) is 22.4 Å². The number of pyridine rings is 1. The maximum atomic E-state index is 6.25. The molecular weight excluding hydrogens is 440 g/mol. The number of nitrogens with one attached hydrogen (secondary N) is 3. The van der Waals surface area contributed by atoms with Gasteiger partial charge in [-0.2, -0.15) is 10.1 Å². The molecule has 4 aromatic rings. The van der Waals surface area contributed by atoms with Crippen molar-refractivity contribution in [3.8, 4) is 11.4 Å². The molecule has 0 spiro atoms. The fourth-order valence-electron chi connectivity index (χ4n) is 3.73. The summed E-state index contributed by atoms with van der Waals surface area (Å²) in [5, 5.41) is 15.6. The van der Waals surface area contributed by atoms with E-state index in [0.717, 1.165) is 66.9 Å². The van der Waals surface area contributed by atoms with Crippen molar-refractivity contribution in [2.75, 3.05) is 50.0 Å². The molecule has 33 heavy (non-hydrogen) atoms. The van der Waals surface area contributed by atoms with Crippen molar-refractivity contribution in [2.24, 2.45) is 0 Å². The van der Waals surface area contributed by atoms with Crippen LogP contribution in [0, 0.1) is 0 Å². The molecule has 1 aliphatic rings. The minimum Gasteiger partial charge on any atom is -0.379 e. The lowest BCUT2D eigenvalue weighted by Gasteiger charge is -2.26. The first-order chi connectivity index (χ1) is 16.3. The third kappa shape index (κ3) is 5.22. The molecule has 0 bridgehead atoms. The number of H-pyrrole nitrogens is 1. The number of halogens is 1. The maximum Gasteiger partial charge on any atom is 0.224 e. The molecule has 3 N–H and O–H groups in total. The third-order valence-electron chi connectivity index (χ3n) is 5.54. The second kappa shape index (κ2) is 10.1. The zero-order valence-corrected chi connectivity index (χ0v) is 18.8. The highest BCUT2D eigenvalue weighted by Crippen LogP contribution is 2.25. The van der Waals surface area contributed by atoms with Crippen molar-refractivity contribution in [1.29, 1.82) is 0 Å². The summed E-state index contributed by atoms with van der Waals surface area (Å²) in [5.41, 5.74) is 3.14. The van der Waals surface area contributed by atoms with E-state index >= 15 is 0 Å². The lowest BCUT2D eigenvalue weighted by Crippen LogP contribution is -2.39. The number of rotatable bonds is 8. The molecule has 9 nitrogen and oxygen atoms in total. The van der Waals surface area contributed by atoms with Gasteiger partial charge in [0.25, 0.3) is 0 Å². The number of benzene rings is 1. The van der Waals surface area contributed by atoms with Gasteiger partial charge in [-0.05, 0) is 23.8 Å². The van der Waals surface area contributed by atoms with Crippen molar-refractivity contribution in [2.45, 2.75) is 6.54 Å². The number of morpholine rings is 1. The quantitative estimate of drug-likeness (QED) is 0.364. The molecule has 3 aromatic heterocycles. The van der Waals surface area contributed by atoms with E-state index in [1.165, 1.54) is 0 Å². The van der Waals surface area contributed by atoms with Crippen molar-refractivity contribution < 1.29 is 4.74 Å². The Kier molecular flexibility index (Phi) is 6.61. The van der Waals surface area contributed by atoms with E-state index in [4.69, 9.17) is 21.3 Å². The Labute approximate surface area is 196 Å². The summed E-state index contributed by atoms with van der Waals surface area (Å²) in [4.78, 5) is 16.1. The van der Waals surface area contributed by atoms with Gasteiger partial charge >= 0.3 is 0 Å². The Morgan fingerprint density at radius 3 is 2.79 bits per heavy atom. The highest BCUT2D eigenvalue weighted by molar-refractivity contribution is 6.31. The Hall–Kier alpha value is -3.27. The second-order valence-corrected chi connectivity index (χ2v) is 8.17. The van der Waals surface area contributed by atoms with E-state index in [1.54, 1.807) is 6.20 Å². The van der Waals surface area contributed by atoms with E-state index in [0.29, 0.717) is 23.8 Å². The van der Waals surface area contributed by atoms with Crippen LogP contribution in [0.5, 0.6) is 0 Å². The van der Waals surface area contributed by atoms with Crippen LogP contribution in [-0.2, 0) is 11.3 Å². The summed E-state index contributed by atoms with van der Waals surface area (Å²) in [6.45, 7) is 5.80. The van der Waals surface area contributed by atoms with Crippen LogP contribution in [0.15, 0.2) is 48.7 Å². The molecule has 0 unspecified atom stereocenters. The highest BCUT2D eigenvalue weighted by Gasteiger charge is 2.13. The van der Waals surface area contributed by atoms with Gasteiger partial charge in [0.1, 0.15) is 11.5 Å². The zero-order valence-electron chi connectivity index (χ0n) is 18.1. The number of aromatic amines is 1. The van der Waals surface area contributed by atoms with Crippen molar-refractivity contribution >= 4 is 34.4 Å². The summed E-state index contributed by atoms with van der Waals surface area (Å²) in [5.74, 6) is 1.32. The molecule has 4 heterocycles. The number of hydrogen-bond donors (Lipinski definition) is 3. The van der Waals surface area contributed by atoms with Gasteiger partial charge in [-0.1, -0.05) is 35.9 Å². The van der Waals surface area contributed by atoms with E-state index in [-0.39, 0.29) is 0 Å². The number of fused-ring (bicyclic) bond motifs is 1. The molecule has 1 aliphatic heterocycles. The second-order valence-electron chi connectivity index (χ2n) is 7.76. The fourth-order valence-corrected chi connectivity index (χ4v) is 3.94. The predicted octanol–water partition coefficient (Wildman–Crippen LogP) is 3.42. The zero-order chi connectivity index (χ0) is 22.5. The lowest BCUT2D eigenvalue weighted by molar-refractivity contribution is 0.0398. The summed E-state index contributed by atoms with van der Waals surface area (Å²) in [7, 11) is 0. The number of hydrogen-bond acceptors (Lipinski definition) is 8. The molecule has 1 saturated heterocycles. The van der Waals surface area contributed by atoms with Gasteiger partial charge in [-0.25, -0.2) is 9.97 Å². The van der Waals surface area contributed by atoms with Gasteiger partial charge in [0.2, 0.25) is 5.95 Å². The number of anilines is 2. The van der Waals surface area contributed by atoms with E-state index in [1.807, 2.05) is 42.5 Å². The largest absolute Gasteiger partial charge is 0.379 e. The SMILES string of the molecule is Clc1ccccc1CNc1cccc(-c2n[nH]c3nc(NCCN4CCOCC4)ncc23)n1. The minimum atomic E-state index is 0.578. The average Bonchev–Trinajstić information content (AvgIpc) is 3.28. The van der Waals surface area contributed by atoms with Crippen LogP contribution in [0.3, 0.4) is 0 Å². The van der Waals surface area contributed by atoms with Crippen LogP contribution in [0.4, 0.5) is 11.8 Å². The maximum absolute atomic E-state index is 6.25. The summed E-state index contributed by atoms with van der Waals surface area (Å²) < 4.78 is 5.38. The van der Waals surface area contributed by atoms with Crippen LogP contribution in [0.2, 0.25) is 5.02 Å². The molecule has 0 saturated carbocycles.